The van der Waals surface area contributed by atoms with Crippen LogP contribution in [0.5, 0.6) is 0 Å². The van der Waals surface area contributed by atoms with Gasteiger partial charge in [0, 0.05) is 17.6 Å². The van der Waals surface area contributed by atoms with Crippen molar-refractivity contribution in [3.63, 3.8) is 0 Å². The molecule has 0 spiro atoms. The lowest BCUT2D eigenvalue weighted by atomic mass is 10.1. The molecule has 98 valence electrons. The van der Waals surface area contributed by atoms with E-state index in [9.17, 15) is 4.21 Å². The minimum atomic E-state index is -0.828. The first kappa shape index (κ1) is 16.6. The van der Waals surface area contributed by atoms with Gasteiger partial charge in [0.1, 0.15) is 0 Å². The SMILES string of the molecule is CCCCCCCCCCNS(=O)CCBr. The molecule has 0 aromatic heterocycles. The standard InChI is InChI=1S/C12H26BrNOS/c1-2-3-4-5-6-7-8-9-11-14-16(15)12-10-13/h14H,2-12H2,1H3. The van der Waals surface area contributed by atoms with E-state index in [4.69, 9.17) is 0 Å². The van der Waals surface area contributed by atoms with Crippen LogP contribution >= 0.6 is 15.9 Å². The first-order chi connectivity index (χ1) is 7.81. The van der Waals surface area contributed by atoms with E-state index in [1.165, 1.54) is 44.9 Å². The van der Waals surface area contributed by atoms with Crippen LogP contribution in [0.3, 0.4) is 0 Å². The van der Waals surface area contributed by atoms with Gasteiger partial charge >= 0.3 is 0 Å². The Morgan fingerprint density at radius 2 is 1.56 bits per heavy atom. The average molecular weight is 312 g/mol. The van der Waals surface area contributed by atoms with Gasteiger partial charge in [-0.05, 0) is 6.42 Å². The number of hydrogen-bond donors (Lipinski definition) is 1. The van der Waals surface area contributed by atoms with Gasteiger partial charge in [-0.1, -0.05) is 67.8 Å². The first-order valence-corrected chi connectivity index (χ1v) is 8.93. The molecule has 16 heavy (non-hydrogen) atoms. The maximum atomic E-state index is 11.2. The van der Waals surface area contributed by atoms with Crippen molar-refractivity contribution in [2.24, 2.45) is 0 Å². The fraction of sp³-hybridized carbons (Fsp3) is 1.00. The summed E-state index contributed by atoms with van der Waals surface area (Å²) in [5.74, 6) is 0.705. The van der Waals surface area contributed by atoms with Gasteiger partial charge in [0.25, 0.3) is 0 Å². The lowest BCUT2D eigenvalue weighted by Crippen LogP contribution is -2.21. The van der Waals surface area contributed by atoms with Gasteiger partial charge < -0.3 is 0 Å². The molecule has 0 bridgehead atoms. The second-order valence-corrected chi connectivity index (χ2v) is 6.29. The summed E-state index contributed by atoms with van der Waals surface area (Å²) in [6, 6.07) is 0. The van der Waals surface area contributed by atoms with Crippen LogP contribution in [0, 0.1) is 0 Å². The minimum absolute atomic E-state index is 0.705. The molecule has 0 aromatic carbocycles. The highest BCUT2D eigenvalue weighted by atomic mass is 79.9. The lowest BCUT2D eigenvalue weighted by molar-refractivity contribution is 0.573. The van der Waals surface area contributed by atoms with E-state index >= 15 is 0 Å². The molecular weight excluding hydrogens is 286 g/mol. The summed E-state index contributed by atoms with van der Waals surface area (Å²) in [4.78, 5) is 0. The zero-order chi connectivity index (χ0) is 12.1. The Balaban J connectivity index is 3.01. The van der Waals surface area contributed by atoms with Crippen molar-refractivity contribution in [2.75, 3.05) is 17.6 Å². The summed E-state index contributed by atoms with van der Waals surface area (Å²) in [6.07, 6.45) is 10.6. The van der Waals surface area contributed by atoms with Crippen molar-refractivity contribution in [2.45, 2.75) is 58.3 Å². The van der Waals surface area contributed by atoms with Crippen LogP contribution in [0.15, 0.2) is 0 Å². The van der Waals surface area contributed by atoms with Gasteiger partial charge in [-0.2, -0.15) is 0 Å². The zero-order valence-corrected chi connectivity index (χ0v) is 12.9. The van der Waals surface area contributed by atoms with E-state index in [2.05, 4.69) is 27.6 Å². The Hall–Kier alpha value is 0.590. The number of unbranched alkanes of at least 4 members (excludes halogenated alkanes) is 7. The van der Waals surface area contributed by atoms with Crippen LogP contribution in [0.1, 0.15) is 58.3 Å². The summed E-state index contributed by atoms with van der Waals surface area (Å²) >= 11 is 3.28. The van der Waals surface area contributed by atoms with Crippen LogP contribution in [0.25, 0.3) is 0 Å². The van der Waals surface area contributed by atoms with Crippen LogP contribution < -0.4 is 4.72 Å². The summed E-state index contributed by atoms with van der Waals surface area (Å²) in [5.41, 5.74) is 0. The Kier molecular flexibility index (Phi) is 14.2. The maximum absolute atomic E-state index is 11.2. The van der Waals surface area contributed by atoms with Crippen LogP contribution in [0.2, 0.25) is 0 Å². The molecule has 0 aliphatic rings. The van der Waals surface area contributed by atoms with E-state index in [0.717, 1.165) is 18.3 Å². The van der Waals surface area contributed by atoms with Crippen molar-refractivity contribution in [1.29, 1.82) is 0 Å². The highest BCUT2D eigenvalue weighted by Crippen LogP contribution is 2.07. The van der Waals surface area contributed by atoms with Crippen molar-refractivity contribution in [3.8, 4) is 0 Å². The normalized spacial score (nSPS) is 12.9. The second kappa shape index (κ2) is 13.7. The molecule has 0 aliphatic heterocycles. The molecule has 0 heterocycles. The highest BCUT2D eigenvalue weighted by molar-refractivity contribution is 9.09. The molecule has 0 aliphatic carbocycles. The van der Waals surface area contributed by atoms with Gasteiger partial charge in [0.15, 0.2) is 0 Å². The first-order valence-electron chi connectivity index (χ1n) is 6.49. The van der Waals surface area contributed by atoms with E-state index in [1.807, 2.05) is 0 Å². The molecule has 1 atom stereocenters. The maximum Gasteiger partial charge on any atom is 0.0923 e. The minimum Gasteiger partial charge on any atom is -0.243 e. The topological polar surface area (TPSA) is 29.1 Å². The number of alkyl halides is 1. The van der Waals surface area contributed by atoms with Crippen molar-refractivity contribution in [1.82, 2.24) is 4.72 Å². The average Bonchev–Trinajstić information content (AvgIpc) is 2.27. The fourth-order valence-electron chi connectivity index (χ4n) is 1.59. The third-order valence-corrected chi connectivity index (χ3v) is 4.58. The molecule has 0 fully saturated rings. The Morgan fingerprint density at radius 1 is 1.00 bits per heavy atom. The van der Waals surface area contributed by atoms with E-state index < -0.39 is 11.0 Å². The molecule has 0 amide bonds. The van der Waals surface area contributed by atoms with Gasteiger partial charge in [-0.25, -0.2) is 8.93 Å². The number of rotatable bonds is 12. The Bertz CT molecular complexity index is 167. The largest absolute Gasteiger partial charge is 0.243 e. The summed E-state index contributed by atoms with van der Waals surface area (Å²) in [7, 11) is -0.828. The molecule has 1 unspecified atom stereocenters. The van der Waals surface area contributed by atoms with Gasteiger partial charge in [-0.15, -0.1) is 0 Å². The molecule has 0 rings (SSSR count). The second-order valence-electron chi connectivity index (χ2n) is 4.11. The molecule has 1 N–H and O–H groups in total. The van der Waals surface area contributed by atoms with E-state index in [1.54, 1.807) is 0 Å². The number of hydrogen-bond acceptors (Lipinski definition) is 1. The van der Waals surface area contributed by atoms with Crippen molar-refractivity contribution < 1.29 is 4.21 Å². The van der Waals surface area contributed by atoms with Crippen LogP contribution in [-0.2, 0) is 11.0 Å². The summed E-state index contributed by atoms with van der Waals surface area (Å²) in [6.45, 7) is 3.15. The predicted octanol–water partition coefficient (Wildman–Crippen LogP) is 3.78. The molecule has 0 radical (unpaired) electrons. The van der Waals surface area contributed by atoms with E-state index in [-0.39, 0.29) is 0 Å². The quantitative estimate of drug-likeness (QED) is 0.431. The van der Waals surface area contributed by atoms with E-state index in [0.29, 0.717) is 5.75 Å². The molecule has 4 heteroatoms. The molecule has 0 saturated heterocycles. The third kappa shape index (κ3) is 12.7. The van der Waals surface area contributed by atoms with Crippen molar-refractivity contribution in [3.05, 3.63) is 0 Å². The van der Waals surface area contributed by atoms with Crippen LogP contribution in [-0.4, -0.2) is 21.8 Å². The van der Waals surface area contributed by atoms with Gasteiger partial charge in [0.2, 0.25) is 0 Å². The summed E-state index contributed by atoms with van der Waals surface area (Å²) < 4.78 is 14.3. The molecule has 0 aromatic rings. The highest BCUT2D eigenvalue weighted by Gasteiger charge is 1.96. The molecule has 2 nitrogen and oxygen atoms in total. The predicted molar refractivity (Wildman–Crippen MR) is 77.4 cm³/mol. The molecule has 0 saturated carbocycles. The van der Waals surface area contributed by atoms with Crippen LogP contribution in [0.4, 0.5) is 0 Å². The number of halogens is 1. The van der Waals surface area contributed by atoms with Gasteiger partial charge in [-0.3, -0.25) is 0 Å². The van der Waals surface area contributed by atoms with Crippen molar-refractivity contribution >= 4 is 26.9 Å². The molecular formula is C12H26BrNOS. The smallest absolute Gasteiger partial charge is 0.0923 e. The Labute approximate surface area is 112 Å². The summed E-state index contributed by atoms with van der Waals surface area (Å²) in [5, 5.41) is 0.810. The third-order valence-electron chi connectivity index (χ3n) is 2.56. The fourth-order valence-corrected chi connectivity index (χ4v) is 3.13. The lowest BCUT2D eigenvalue weighted by Gasteiger charge is -2.03. The van der Waals surface area contributed by atoms with Gasteiger partial charge in [0.05, 0.1) is 11.0 Å². The zero-order valence-electron chi connectivity index (χ0n) is 10.5. The number of nitrogens with one attached hydrogen (secondary N) is 1. The Morgan fingerprint density at radius 3 is 2.12 bits per heavy atom. The monoisotopic (exact) mass is 311 g/mol.